The van der Waals surface area contributed by atoms with Gasteiger partial charge < -0.3 is 10.2 Å². The van der Waals surface area contributed by atoms with Gasteiger partial charge in [0.25, 0.3) is 0 Å². The first-order chi connectivity index (χ1) is 11.1. The average Bonchev–Trinajstić information content (AvgIpc) is 2.47. The Morgan fingerprint density at radius 2 is 1.88 bits per heavy atom. The summed E-state index contributed by atoms with van der Waals surface area (Å²) in [6, 6.07) is 0. The maximum absolute atomic E-state index is 13.0. The maximum Gasteiger partial charge on any atom is 0.223 e. The lowest BCUT2D eigenvalue weighted by Crippen LogP contribution is -2.50. The van der Waals surface area contributed by atoms with Crippen LogP contribution in [0.2, 0.25) is 0 Å². The molecule has 0 aromatic rings. The first-order valence-electron chi connectivity index (χ1n) is 8.70. The molecule has 0 heterocycles. The zero-order valence-electron chi connectivity index (χ0n) is 14.9. The fourth-order valence-corrected chi connectivity index (χ4v) is 5.33. The highest BCUT2D eigenvalue weighted by Gasteiger charge is 2.56. The normalized spacial score (nSPS) is 32.5. The number of aliphatic hydroxyl groups is 2. The van der Waals surface area contributed by atoms with E-state index in [1.54, 1.807) is 6.08 Å². The van der Waals surface area contributed by atoms with E-state index >= 15 is 0 Å². The van der Waals surface area contributed by atoms with Crippen molar-refractivity contribution in [3.8, 4) is 0 Å². The van der Waals surface area contributed by atoms with Crippen LogP contribution in [0.25, 0.3) is 0 Å². The summed E-state index contributed by atoms with van der Waals surface area (Å²) in [5.74, 6) is -0.759. The molecule has 3 rings (SSSR count). The van der Waals surface area contributed by atoms with Gasteiger partial charge in [-0.25, -0.2) is 0 Å². The van der Waals surface area contributed by atoms with Crippen LogP contribution in [0.5, 0.6) is 0 Å². The minimum Gasteiger partial charge on any atom is -0.504 e. The van der Waals surface area contributed by atoms with Crippen molar-refractivity contribution in [1.29, 1.82) is 0 Å². The molecule has 1 saturated carbocycles. The summed E-state index contributed by atoms with van der Waals surface area (Å²) < 4.78 is 0. The number of rotatable bonds is 2. The van der Waals surface area contributed by atoms with Crippen molar-refractivity contribution < 1.29 is 19.8 Å². The number of carbonyl (C=O) groups is 2. The third-order valence-electron chi connectivity index (χ3n) is 6.29. The SMILES string of the molecule is CC1=C(CCO)C(=O)C(O)=C2C1=CC(=O)C1C(C)(C)CCC[C@]21C. The van der Waals surface area contributed by atoms with Gasteiger partial charge in [-0.15, -0.1) is 0 Å². The van der Waals surface area contributed by atoms with Gasteiger partial charge in [0.2, 0.25) is 5.78 Å². The van der Waals surface area contributed by atoms with Crippen molar-refractivity contribution in [3.05, 3.63) is 34.1 Å². The Morgan fingerprint density at radius 3 is 2.50 bits per heavy atom. The number of allylic oxidation sites excluding steroid dienone is 5. The molecule has 0 bridgehead atoms. The van der Waals surface area contributed by atoms with E-state index in [1.165, 1.54) is 0 Å². The Labute approximate surface area is 142 Å². The van der Waals surface area contributed by atoms with Crippen LogP contribution in [0.4, 0.5) is 0 Å². The number of fused-ring (bicyclic) bond motifs is 3. The molecule has 1 fully saturated rings. The fourth-order valence-electron chi connectivity index (χ4n) is 5.33. The Balaban J connectivity index is 2.26. The zero-order valence-corrected chi connectivity index (χ0v) is 14.9. The Morgan fingerprint density at radius 1 is 1.21 bits per heavy atom. The van der Waals surface area contributed by atoms with E-state index in [9.17, 15) is 19.8 Å². The summed E-state index contributed by atoms with van der Waals surface area (Å²) in [4.78, 5) is 25.6. The molecule has 24 heavy (non-hydrogen) atoms. The number of carbonyl (C=O) groups excluding carboxylic acids is 2. The third-order valence-corrected chi connectivity index (χ3v) is 6.29. The molecular formula is C20H26O4. The van der Waals surface area contributed by atoms with E-state index in [0.29, 0.717) is 16.7 Å². The molecule has 0 aliphatic heterocycles. The van der Waals surface area contributed by atoms with Crippen molar-refractivity contribution in [2.45, 2.75) is 53.4 Å². The number of Topliss-reactive ketones (excluding diaryl/α,β-unsaturated/α-hetero) is 1. The molecule has 0 saturated heterocycles. The molecule has 2 atom stereocenters. The van der Waals surface area contributed by atoms with Gasteiger partial charge in [0.15, 0.2) is 11.5 Å². The van der Waals surface area contributed by atoms with Crippen molar-refractivity contribution in [2.75, 3.05) is 6.61 Å². The third kappa shape index (κ3) is 2.16. The zero-order chi connectivity index (χ0) is 17.9. The molecule has 0 aromatic carbocycles. The van der Waals surface area contributed by atoms with E-state index in [-0.39, 0.29) is 35.9 Å². The summed E-state index contributed by atoms with van der Waals surface area (Å²) in [5, 5.41) is 19.9. The molecule has 0 spiro atoms. The number of hydrogen-bond donors (Lipinski definition) is 2. The summed E-state index contributed by atoms with van der Waals surface area (Å²) in [6.45, 7) is 7.88. The minimum absolute atomic E-state index is 0.0887. The fraction of sp³-hybridized carbons (Fsp3) is 0.600. The second-order valence-electron chi connectivity index (χ2n) is 8.28. The van der Waals surface area contributed by atoms with Crippen molar-refractivity contribution in [1.82, 2.24) is 0 Å². The van der Waals surface area contributed by atoms with Crippen LogP contribution in [0, 0.1) is 16.7 Å². The van der Waals surface area contributed by atoms with E-state index in [0.717, 1.165) is 24.8 Å². The van der Waals surface area contributed by atoms with Gasteiger partial charge in [-0.3, -0.25) is 9.59 Å². The summed E-state index contributed by atoms with van der Waals surface area (Å²) >= 11 is 0. The standard InChI is InChI=1S/C20H26O4/c1-11-12(6-9-21)16(23)17(24)15-13(11)10-14(22)18-19(2,3)7-5-8-20(15,18)4/h10,18,21,24H,5-9H2,1-4H3/t18?,20-/m1/s1. The van der Waals surface area contributed by atoms with Gasteiger partial charge in [0.1, 0.15) is 0 Å². The largest absolute Gasteiger partial charge is 0.504 e. The van der Waals surface area contributed by atoms with Crippen LogP contribution in [0.3, 0.4) is 0 Å². The average molecular weight is 330 g/mol. The molecule has 130 valence electrons. The predicted molar refractivity (Wildman–Crippen MR) is 91.4 cm³/mol. The highest BCUT2D eigenvalue weighted by molar-refractivity contribution is 6.12. The van der Waals surface area contributed by atoms with Gasteiger partial charge in [0, 0.05) is 29.1 Å². The Bertz CT molecular complexity index is 720. The van der Waals surface area contributed by atoms with Crippen molar-refractivity contribution >= 4 is 11.6 Å². The van der Waals surface area contributed by atoms with Gasteiger partial charge in [0.05, 0.1) is 0 Å². The van der Waals surface area contributed by atoms with Crippen LogP contribution in [-0.2, 0) is 9.59 Å². The molecule has 0 radical (unpaired) electrons. The van der Waals surface area contributed by atoms with Crippen molar-refractivity contribution in [3.63, 3.8) is 0 Å². The molecule has 0 amide bonds. The Hall–Kier alpha value is -1.68. The lowest BCUT2D eigenvalue weighted by atomic mass is 9.49. The van der Waals surface area contributed by atoms with Crippen LogP contribution < -0.4 is 0 Å². The highest BCUT2D eigenvalue weighted by Crippen LogP contribution is 2.60. The first kappa shape index (κ1) is 17.2. The monoisotopic (exact) mass is 330 g/mol. The lowest BCUT2D eigenvalue weighted by molar-refractivity contribution is -0.130. The molecule has 1 unspecified atom stereocenters. The number of ketones is 2. The molecule has 4 nitrogen and oxygen atoms in total. The molecule has 3 aliphatic rings. The lowest BCUT2D eigenvalue weighted by Gasteiger charge is -2.53. The van der Waals surface area contributed by atoms with Gasteiger partial charge >= 0.3 is 0 Å². The minimum atomic E-state index is -0.519. The van der Waals surface area contributed by atoms with Crippen LogP contribution in [0.15, 0.2) is 34.1 Å². The predicted octanol–water partition coefficient (Wildman–Crippen LogP) is 3.42. The van der Waals surface area contributed by atoms with Gasteiger partial charge in [-0.2, -0.15) is 0 Å². The molecule has 0 aromatic heterocycles. The molecule has 2 N–H and O–H groups in total. The molecular weight excluding hydrogens is 304 g/mol. The van der Waals surface area contributed by atoms with Gasteiger partial charge in [-0.05, 0) is 48.8 Å². The van der Waals surface area contributed by atoms with Crippen LogP contribution in [-0.4, -0.2) is 28.4 Å². The second-order valence-corrected chi connectivity index (χ2v) is 8.28. The summed E-state index contributed by atoms with van der Waals surface area (Å²) in [7, 11) is 0. The van der Waals surface area contributed by atoms with E-state index in [1.807, 2.05) is 13.8 Å². The first-order valence-corrected chi connectivity index (χ1v) is 8.70. The quantitative estimate of drug-likeness (QED) is 0.813. The molecule has 4 heteroatoms. The van der Waals surface area contributed by atoms with Gasteiger partial charge in [-0.1, -0.05) is 27.2 Å². The Kier molecular flexibility index (Phi) is 3.87. The topological polar surface area (TPSA) is 74.6 Å². The van der Waals surface area contributed by atoms with E-state index in [4.69, 9.17) is 0 Å². The van der Waals surface area contributed by atoms with E-state index in [2.05, 4.69) is 13.8 Å². The number of aliphatic hydroxyl groups excluding tert-OH is 2. The van der Waals surface area contributed by atoms with Crippen molar-refractivity contribution in [2.24, 2.45) is 16.7 Å². The van der Waals surface area contributed by atoms with Crippen LogP contribution >= 0.6 is 0 Å². The maximum atomic E-state index is 13.0. The second kappa shape index (κ2) is 5.41. The summed E-state index contributed by atoms with van der Waals surface area (Å²) in [6.07, 6.45) is 4.54. The summed E-state index contributed by atoms with van der Waals surface area (Å²) in [5.41, 5.74) is 1.79. The molecule has 3 aliphatic carbocycles. The number of hydrogen-bond acceptors (Lipinski definition) is 4. The van der Waals surface area contributed by atoms with Crippen LogP contribution in [0.1, 0.15) is 53.4 Å². The smallest absolute Gasteiger partial charge is 0.223 e. The van der Waals surface area contributed by atoms with E-state index < -0.39 is 11.2 Å². The highest BCUT2D eigenvalue weighted by atomic mass is 16.3.